The lowest BCUT2D eigenvalue weighted by atomic mass is 9.94. The Morgan fingerprint density at radius 3 is 2.58 bits per heavy atom. The molecule has 3 aromatic rings. The minimum absolute atomic E-state index is 0.132. The van der Waals surface area contributed by atoms with Gasteiger partial charge in [0.05, 0.1) is 22.9 Å². The summed E-state index contributed by atoms with van der Waals surface area (Å²) in [5.41, 5.74) is 8.04. The van der Waals surface area contributed by atoms with Gasteiger partial charge in [-0.3, -0.25) is 0 Å². The third-order valence-electron chi connectivity index (χ3n) is 5.34. The Bertz CT molecular complexity index is 1200. The number of nitrogens with two attached hydrogens (primary N) is 1. The van der Waals surface area contributed by atoms with Crippen molar-refractivity contribution < 1.29 is 17.9 Å². The summed E-state index contributed by atoms with van der Waals surface area (Å²) >= 11 is 0. The van der Waals surface area contributed by atoms with Crippen LogP contribution >= 0.6 is 0 Å². The number of aliphatic hydroxyl groups excluding tert-OH is 1. The zero-order valence-electron chi connectivity index (χ0n) is 17.2. The van der Waals surface area contributed by atoms with Gasteiger partial charge >= 0.3 is 0 Å². The van der Waals surface area contributed by atoms with Gasteiger partial charge in [0.1, 0.15) is 0 Å². The molecule has 1 aromatic carbocycles. The predicted octanol–water partition coefficient (Wildman–Crippen LogP) is 1.97. The highest BCUT2D eigenvalue weighted by atomic mass is 32.2. The summed E-state index contributed by atoms with van der Waals surface area (Å²) < 4.78 is 34.1. The molecule has 1 aliphatic rings. The summed E-state index contributed by atoms with van der Waals surface area (Å²) in [5.74, 6) is 0.647. The van der Waals surface area contributed by atoms with Gasteiger partial charge in [-0.1, -0.05) is 6.07 Å². The molecule has 1 aliphatic carbocycles. The molecule has 2 heterocycles. The minimum Gasteiger partial charge on any atom is -0.420 e. The molecule has 0 spiro atoms. The van der Waals surface area contributed by atoms with E-state index in [1.807, 2.05) is 6.92 Å². The van der Waals surface area contributed by atoms with E-state index in [1.54, 1.807) is 25.1 Å². The van der Waals surface area contributed by atoms with E-state index < -0.39 is 10.0 Å². The topological polar surface area (TPSA) is 157 Å². The van der Waals surface area contributed by atoms with Gasteiger partial charge in [0, 0.05) is 18.5 Å². The van der Waals surface area contributed by atoms with Crippen LogP contribution in [0.3, 0.4) is 0 Å². The van der Waals surface area contributed by atoms with Gasteiger partial charge in [-0.15, -0.1) is 10.2 Å². The Balaban J connectivity index is 1.67. The number of nitrogens with one attached hydrogen (secondary N) is 1. The number of aliphatic hydroxyl groups is 1. The van der Waals surface area contributed by atoms with Crippen LogP contribution < -0.4 is 10.5 Å². The molecule has 4 rings (SSSR count). The number of benzene rings is 1. The zero-order chi connectivity index (χ0) is 22.2. The largest absolute Gasteiger partial charge is 0.420 e. The number of hydrogen-bond acceptors (Lipinski definition) is 9. The summed E-state index contributed by atoms with van der Waals surface area (Å²) in [6, 6.07) is 4.66. The maximum atomic E-state index is 13.0. The van der Waals surface area contributed by atoms with Crippen LogP contribution in [0.5, 0.6) is 0 Å². The van der Waals surface area contributed by atoms with E-state index in [0.29, 0.717) is 42.8 Å². The molecule has 4 N–H and O–H groups in total. The summed E-state index contributed by atoms with van der Waals surface area (Å²) in [5, 5.41) is 17.4. The molecule has 0 saturated heterocycles. The van der Waals surface area contributed by atoms with Crippen molar-refractivity contribution in [2.24, 2.45) is 0 Å². The van der Waals surface area contributed by atoms with Crippen LogP contribution in [0, 0.1) is 13.8 Å². The number of nitrogens with zero attached hydrogens (tertiary/aromatic N) is 4. The van der Waals surface area contributed by atoms with Gasteiger partial charge in [0.2, 0.25) is 15.9 Å². The quantitative estimate of drug-likeness (QED) is 0.535. The Labute approximate surface area is 180 Å². The van der Waals surface area contributed by atoms with Crippen molar-refractivity contribution in [3.05, 3.63) is 35.9 Å². The van der Waals surface area contributed by atoms with Crippen molar-refractivity contribution in [1.29, 1.82) is 0 Å². The number of aromatic nitrogens is 4. The third kappa shape index (κ3) is 4.58. The van der Waals surface area contributed by atoms with Crippen LogP contribution in [0.2, 0.25) is 0 Å². The highest BCUT2D eigenvalue weighted by molar-refractivity contribution is 7.89. The summed E-state index contributed by atoms with van der Waals surface area (Å²) in [7, 11) is -3.74. The summed E-state index contributed by atoms with van der Waals surface area (Å²) in [6.07, 6.45) is 3.52. The number of anilines is 1. The first kappa shape index (κ1) is 21.3. The van der Waals surface area contributed by atoms with Crippen molar-refractivity contribution in [3.8, 4) is 22.8 Å². The third-order valence-corrected chi connectivity index (χ3v) is 6.86. The molecule has 0 atom stereocenters. The Morgan fingerprint density at radius 1 is 1.16 bits per heavy atom. The second kappa shape index (κ2) is 8.33. The molecule has 1 saturated carbocycles. The molecule has 11 heteroatoms. The molecular weight excluding hydrogens is 420 g/mol. The maximum Gasteiger partial charge on any atom is 0.270 e. The molecule has 2 aromatic heterocycles. The van der Waals surface area contributed by atoms with Crippen LogP contribution in [0.1, 0.15) is 37.1 Å². The SMILES string of the molecule is Cc1nnc(-c2nc(-c3cc(S(=O)(=O)N[C@H]4CC[C@H](O)CC4)ccc3C)cnc2N)o1. The lowest BCUT2D eigenvalue weighted by Gasteiger charge is -2.26. The molecule has 31 heavy (non-hydrogen) atoms. The van der Waals surface area contributed by atoms with Gasteiger partial charge in [-0.2, -0.15) is 0 Å². The lowest BCUT2D eigenvalue weighted by Crippen LogP contribution is -2.38. The average molecular weight is 445 g/mol. The summed E-state index contributed by atoms with van der Waals surface area (Å²) in [4.78, 5) is 8.81. The van der Waals surface area contributed by atoms with Gasteiger partial charge in [0.25, 0.3) is 5.89 Å². The Kier molecular flexibility index (Phi) is 5.73. The van der Waals surface area contributed by atoms with E-state index in [1.165, 1.54) is 6.20 Å². The second-order valence-electron chi connectivity index (χ2n) is 7.72. The van der Waals surface area contributed by atoms with Crippen molar-refractivity contribution in [2.75, 3.05) is 5.73 Å². The van der Waals surface area contributed by atoms with Crippen molar-refractivity contribution in [3.63, 3.8) is 0 Å². The van der Waals surface area contributed by atoms with Gasteiger partial charge in [0.15, 0.2) is 11.5 Å². The number of aryl methyl sites for hydroxylation is 2. The lowest BCUT2D eigenvalue weighted by molar-refractivity contribution is 0.120. The van der Waals surface area contributed by atoms with Gasteiger partial charge in [-0.25, -0.2) is 23.1 Å². The van der Waals surface area contributed by atoms with Crippen LogP contribution in [-0.4, -0.2) is 45.8 Å². The minimum atomic E-state index is -3.74. The predicted molar refractivity (Wildman–Crippen MR) is 113 cm³/mol. The first-order valence-electron chi connectivity index (χ1n) is 9.97. The molecule has 0 radical (unpaired) electrons. The Hall–Kier alpha value is -2.89. The normalized spacial score (nSPS) is 19.5. The number of hydrogen-bond donors (Lipinski definition) is 3. The monoisotopic (exact) mass is 444 g/mol. The van der Waals surface area contributed by atoms with E-state index >= 15 is 0 Å². The fourth-order valence-corrected chi connectivity index (χ4v) is 4.93. The molecule has 0 aliphatic heterocycles. The fraction of sp³-hybridized carbons (Fsp3) is 0.400. The molecule has 164 valence electrons. The highest BCUT2D eigenvalue weighted by Gasteiger charge is 2.25. The average Bonchev–Trinajstić information content (AvgIpc) is 3.16. The van der Waals surface area contributed by atoms with E-state index in [-0.39, 0.29) is 34.4 Å². The molecule has 0 unspecified atom stereocenters. The van der Waals surface area contributed by atoms with E-state index in [9.17, 15) is 13.5 Å². The maximum absolute atomic E-state index is 13.0. The fourth-order valence-electron chi connectivity index (χ4n) is 3.60. The molecule has 0 bridgehead atoms. The van der Waals surface area contributed by atoms with Crippen LogP contribution in [0.25, 0.3) is 22.8 Å². The number of nitrogen functional groups attached to an aromatic ring is 1. The second-order valence-corrected chi connectivity index (χ2v) is 9.43. The van der Waals surface area contributed by atoms with Crippen molar-refractivity contribution in [1.82, 2.24) is 24.9 Å². The first-order chi connectivity index (χ1) is 14.7. The van der Waals surface area contributed by atoms with E-state index in [4.69, 9.17) is 10.2 Å². The Morgan fingerprint density at radius 2 is 1.90 bits per heavy atom. The van der Waals surface area contributed by atoms with Crippen LogP contribution in [-0.2, 0) is 10.0 Å². The summed E-state index contributed by atoms with van der Waals surface area (Å²) in [6.45, 7) is 3.51. The standard InChI is InChI=1S/C20H24N6O4S/c1-11-3-8-15(31(28,29)26-13-4-6-14(27)7-5-13)9-16(11)17-10-22-19(21)18(23-17)20-25-24-12(2)30-20/h3,8-10,13-14,26-27H,4-7H2,1-2H3,(H2,21,22)/t13-,14-. The smallest absolute Gasteiger partial charge is 0.270 e. The number of sulfonamides is 1. The van der Waals surface area contributed by atoms with Crippen molar-refractivity contribution >= 4 is 15.8 Å². The molecular formula is C20H24N6O4S. The van der Waals surface area contributed by atoms with Crippen molar-refractivity contribution in [2.45, 2.75) is 56.6 Å². The van der Waals surface area contributed by atoms with Crippen LogP contribution in [0.4, 0.5) is 5.82 Å². The van der Waals surface area contributed by atoms with Gasteiger partial charge < -0.3 is 15.3 Å². The number of rotatable bonds is 5. The molecule has 0 amide bonds. The van der Waals surface area contributed by atoms with E-state index in [0.717, 1.165) is 5.56 Å². The van der Waals surface area contributed by atoms with Crippen LogP contribution in [0.15, 0.2) is 33.7 Å². The highest BCUT2D eigenvalue weighted by Crippen LogP contribution is 2.29. The molecule has 10 nitrogen and oxygen atoms in total. The zero-order valence-corrected chi connectivity index (χ0v) is 18.1. The first-order valence-corrected chi connectivity index (χ1v) is 11.5. The van der Waals surface area contributed by atoms with Gasteiger partial charge in [-0.05, 0) is 50.3 Å². The van der Waals surface area contributed by atoms with E-state index in [2.05, 4.69) is 24.9 Å². The molecule has 1 fully saturated rings.